The number of hydrogen-bond acceptors (Lipinski definition) is 2. The summed E-state index contributed by atoms with van der Waals surface area (Å²) in [5.74, 6) is -1.81. The zero-order valence-corrected chi connectivity index (χ0v) is 12.3. The first-order valence-electron chi connectivity index (χ1n) is 7.41. The van der Waals surface area contributed by atoms with Crippen LogP contribution < -0.4 is 5.32 Å². The highest BCUT2D eigenvalue weighted by atomic mass is 19.2. The van der Waals surface area contributed by atoms with E-state index in [2.05, 4.69) is 19.2 Å². The van der Waals surface area contributed by atoms with Crippen LogP contribution in [-0.2, 0) is 0 Å². The van der Waals surface area contributed by atoms with Gasteiger partial charge in [-0.15, -0.1) is 0 Å². The van der Waals surface area contributed by atoms with Crippen LogP contribution >= 0.6 is 0 Å². The molecule has 0 bridgehead atoms. The van der Waals surface area contributed by atoms with E-state index in [9.17, 15) is 13.9 Å². The van der Waals surface area contributed by atoms with Gasteiger partial charge in [0.05, 0.1) is 6.10 Å². The SMILES string of the molecule is CCCCCCC(C)NCC(O)c1ccc(F)c(F)c1. The molecule has 0 aliphatic rings. The molecule has 2 nitrogen and oxygen atoms in total. The average Bonchev–Trinajstić information content (AvgIpc) is 2.44. The predicted molar refractivity (Wildman–Crippen MR) is 77.5 cm³/mol. The Morgan fingerprint density at radius 3 is 2.55 bits per heavy atom. The van der Waals surface area contributed by atoms with Crippen LogP contribution in [-0.4, -0.2) is 17.7 Å². The Labute approximate surface area is 120 Å². The first-order chi connectivity index (χ1) is 9.54. The topological polar surface area (TPSA) is 32.3 Å². The lowest BCUT2D eigenvalue weighted by molar-refractivity contribution is 0.169. The third-order valence-electron chi connectivity index (χ3n) is 3.48. The number of hydrogen-bond donors (Lipinski definition) is 2. The lowest BCUT2D eigenvalue weighted by Gasteiger charge is -2.17. The van der Waals surface area contributed by atoms with Gasteiger partial charge < -0.3 is 10.4 Å². The van der Waals surface area contributed by atoms with Crippen molar-refractivity contribution in [2.75, 3.05) is 6.54 Å². The molecule has 114 valence electrons. The molecule has 0 heterocycles. The second-order valence-electron chi connectivity index (χ2n) is 5.35. The summed E-state index contributed by atoms with van der Waals surface area (Å²) in [6.45, 7) is 4.60. The minimum absolute atomic E-state index is 0.312. The smallest absolute Gasteiger partial charge is 0.159 e. The number of rotatable bonds is 9. The summed E-state index contributed by atoms with van der Waals surface area (Å²) in [5.41, 5.74) is 0.398. The summed E-state index contributed by atoms with van der Waals surface area (Å²) in [4.78, 5) is 0. The Morgan fingerprint density at radius 1 is 1.15 bits per heavy atom. The summed E-state index contributed by atoms with van der Waals surface area (Å²) >= 11 is 0. The molecule has 0 saturated heterocycles. The number of unbranched alkanes of at least 4 members (excludes halogenated alkanes) is 3. The molecule has 2 N–H and O–H groups in total. The van der Waals surface area contributed by atoms with Crippen LogP contribution in [0.5, 0.6) is 0 Å². The zero-order valence-electron chi connectivity index (χ0n) is 12.3. The monoisotopic (exact) mass is 285 g/mol. The van der Waals surface area contributed by atoms with Crippen molar-refractivity contribution in [3.05, 3.63) is 35.4 Å². The molecule has 1 aromatic rings. The third-order valence-corrected chi connectivity index (χ3v) is 3.48. The van der Waals surface area contributed by atoms with Gasteiger partial charge in [0.2, 0.25) is 0 Å². The average molecular weight is 285 g/mol. The van der Waals surface area contributed by atoms with E-state index in [0.29, 0.717) is 18.2 Å². The van der Waals surface area contributed by atoms with E-state index in [1.54, 1.807) is 0 Å². The molecular weight excluding hydrogens is 260 g/mol. The van der Waals surface area contributed by atoms with E-state index in [0.717, 1.165) is 18.6 Å². The number of aliphatic hydroxyl groups is 1. The van der Waals surface area contributed by atoms with Gasteiger partial charge in [-0.25, -0.2) is 8.78 Å². The molecule has 0 amide bonds. The molecule has 2 unspecified atom stereocenters. The second kappa shape index (κ2) is 9.03. The number of aliphatic hydroxyl groups excluding tert-OH is 1. The normalized spacial score (nSPS) is 14.2. The van der Waals surface area contributed by atoms with Crippen LogP contribution in [0.15, 0.2) is 18.2 Å². The van der Waals surface area contributed by atoms with Crippen LogP contribution in [0, 0.1) is 11.6 Å². The fourth-order valence-corrected chi connectivity index (χ4v) is 2.13. The Bertz CT molecular complexity index is 398. The summed E-state index contributed by atoms with van der Waals surface area (Å²) in [6.07, 6.45) is 5.12. The maximum Gasteiger partial charge on any atom is 0.159 e. The summed E-state index contributed by atoms with van der Waals surface area (Å²) < 4.78 is 25.9. The van der Waals surface area contributed by atoms with Gasteiger partial charge in [0.15, 0.2) is 11.6 Å². The number of benzene rings is 1. The largest absolute Gasteiger partial charge is 0.387 e. The predicted octanol–water partition coefficient (Wildman–Crippen LogP) is 3.95. The van der Waals surface area contributed by atoms with Gasteiger partial charge in [-0.3, -0.25) is 0 Å². The number of halogens is 2. The molecular formula is C16H25F2NO. The van der Waals surface area contributed by atoms with E-state index in [1.165, 1.54) is 31.7 Å². The highest BCUT2D eigenvalue weighted by Gasteiger charge is 2.12. The van der Waals surface area contributed by atoms with Gasteiger partial charge in [-0.2, -0.15) is 0 Å². The van der Waals surface area contributed by atoms with Crippen molar-refractivity contribution >= 4 is 0 Å². The highest BCUT2D eigenvalue weighted by Crippen LogP contribution is 2.16. The van der Waals surface area contributed by atoms with Crippen LogP contribution in [0.2, 0.25) is 0 Å². The molecule has 20 heavy (non-hydrogen) atoms. The molecule has 0 saturated carbocycles. The molecule has 0 aromatic heterocycles. The first kappa shape index (κ1) is 17.1. The molecule has 0 spiro atoms. The summed E-state index contributed by atoms with van der Waals surface area (Å²) in [5, 5.41) is 13.2. The lowest BCUT2D eigenvalue weighted by Crippen LogP contribution is -2.30. The lowest BCUT2D eigenvalue weighted by atomic mass is 10.1. The van der Waals surface area contributed by atoms with E-state index in [1.807, 2.05) is 0 Å². The van der Waals surface area contributed by atoms with Crippen LogP contribution in [0.3, 0.4) is 0 Å². The second-order valence-corrected chi connectivity index (χ2v) is 5.35. The van der Waals surface area contributed by atoms with E-state index in [-0.39, 0.29) is 0 Å². The Kier molecular flexibility index (Phi) is 7.70. The van der Waals surface area contributed by atoms with Gasteiger partial charge in [-0.05, 0) is 31.0 Å². The maximum absolute atomic E-state index is 13.1. The van der Waals surface area contributed by atoms with Crippen molar-refractivity contribution in [2.24, 2.45) is 0 Å². The zero-order chi connectivity index (χ0) is 15.0. The maximum atomic E-state index is 13.1. The Balaban J connectivity index is 2.31. The Morgan fingerprint density at radius 2 is 1.90 bits per heavy atom. The minimum atomic E-state index is -0.922. The van der Waals surface area contributed by atoms with E-state index in [4.69, 9.17) is 0 Å². The highest BCUT2D eigenvalue weighted by molar-refractivity contribution is 5.20. The van der Waals surface area contributed by atoms with Crippen molar-refractivity contribution in [1.29, 1.82) is 0 Å². The van der Waals surface area contributed by atoms with Gasteiger partial charge in [0.1, 0.15) is 0 Å². The molecule has 4 heteroatoms. The molecule has 0 aliphatic heterocycles. The van der Waals surface area contributed by atoms with Crippen molar-refractivity contribution in [2.45, 2.75) is 58.1 Å². The molecule has 1 rings (SSSR count). The van der Waals surface area contributed by atoms with Crippen LogP contribution in [0.4, 0.5) is 8.78 Å². The van der Waals surface area contributed by atoms with Crippen LogP contribution in [0.25, 0.3) is 0 Å². The van der Waals surface area contributed by atoms with Crippen molar-refractivity contribution < 1.29 is 13.9 Å². The van der Waals surface area contributed by atoms with Gasteiger partial charge in [0, 0.05) is 12.6 Å². The molecule has 1 aromatic carbocycles. The third kappa shape index (κ3) is 5.97. The molecule has 2 atom stereocenters. The van der Waals surface area contributed by atoms with Gasteiger partial charge >= 0.3 is 0 Å². The molecule has 0 radical (unpaired) electrons. The minimum Gasteiger partial charge on any atom is -0.387 e. The molecule has 0 aliphatic carbocycles. The molecule has 0 fully saturated rings. The fourth-order valence-electron chi connectivity index (χ4n) is 2.13. The van der Waals surface area contributed by atoms with Crippen molar-refractivity contribution in [3.63, 3.8) is 0 Å². The van der Waals surface area contributed by atoms with E-state index >= 15 is 0 Å². The number of nitrogens with one attached hydrogen (secondary N) is 1. The first-order valence-corrected chi connectivity index (χ1v) is 7.41. The summed E-state index contributed by atoms with van der Waals surface area (Å²) in [7, 11) is 0. The summed E-state index contributed by atoms with van der Waals surface area (Å²) in [6, 6.07) is 3.82. The standard InChI is InChI=1S/C16H25F2NO/c1-3-4-5-6-7-12(2)19-11-16(20)13-8-9-14(17)15(18)10-13/h8-10,12,16,19-20H,3-7,11H2,1-2H3. The van der Waals surface area contributed by atoms with Gasteiger partial charge in [0.25, 0.3) is 0 Å². The Hall–Kier alpha value is -1.00. The van der Waals surface area contributed by atoms with Gasteiger partial charge in [-0.1, -0.05) is 38.7 Å². The fraction of sp³-hybridized carbons (Fsp3) is 0.625. The van der Waals surface area contributed by atoms with E-state index < -0.39 is 17.7 Å². The van der Waals surface area contributed by atoms with Crippen molar-refractivity contribution in [3.8, 4) is 0 Å². The van der Waals surface area contributed by atoms with Crippen LogP contribution in [0.1, 0.15) is 57.6 Å². The van der Waals surface area contributed by atoms with Crippen molar-refractivity contribution in [1.82, 2.24) is 5.32 Å². The quantitative estimate of drug-likeness (QED) is 0.673.